The van der Waals surface area contributed by atoms with E-state index in [2.05, 4.69) is 15.5 Å². The normalized spacial score (nSPS) is 11.3. The summed E-state index contributed by atoms with van der Waals surface area (Å²) in [6, 6.07) is 5.59. The number of halogens is 1. The van der Waals surface area contributed by atoms with Crippen LogP contribution in [0.2, 0.25) is 0 Å². The van der Waals surface area contributed by atoms with Crippen LogP contribution in [0.4, 0.5) is 4.39 Å². The van der Waals surface area contributed by atoms with E-state index >= 15 is 0 Å². The fraction of sp³-hybridized carbons (Fsp3) is 0.333. The largest absolute Gasteiger partial charge is 0.355 e. The zero-order valence-electron chi connectivity index (χ0n) is 15.1. The van der Waals surface area contributed by atoms with E-state index in [4.69, 9.17) is 4.52 Å². The summed E-state index contributed by atoms with van der Waals surface area (Å²) in [6.07, 6.45) is 1.48. The van der Waals surface area contributed by atoms with Crippen molar-refractivity contribution in [3.8, 4) is 11.3 Å². The van der Waals surface area contributed by atoms with Gasteiger partial charge in [0.2, 0.25) is 5.91 Å². The molecular formula is C18H20FN5O3. The molecule has 142 valence electrons. The van der Waals surface area contributed by atoms with Crippen molar-refractivity contribution in [2.75, 3.05) is 27.2 Å². The van der Waals surface area contributed by atoms with Crippen molar-refractivity contribution < 1.29 is 13.7 Å². The third kappa shape index (κ3) is 4.37. The van der Waals surface area contributed by atoms with E-state index in [9.17, 15) is 14.0 Å². The molecule has 0 aliphatic carbocycles. The van der Waals surface area contributed by atoms with Gasteiger partial charge in [-0.3, -0.25) is 14.2 Å². The van der Waals surface area contributed by atoms with Gasteiger partial charge < -0.3 is 14.7 Å². The van der Waals surface area contributed by atoms with Crippen LogP contribution in [0.3, 0.4) is 0 Å². The predicted octanol–water partition coefficient (Wildman–Crippen LogP) is 1.26. The molecule has 0 radical (unpaired) electrons. The molecule has 0 atom stereocenters. The van der Waals surface area contributed by atoms with Crippen LogP contribution < -0.4 is 10.9 Å². The molecule has 0 aliphatic heterocycles. The highest BCUT2D eigenvalue weighted by atomic mass is 19.1. The minimum Gasteiger partial charge on any atom is -0.355 e. The van der Waals surface area contributed by atoms with Crippen LogP contribution >= 0.6 is 0 Å². The van der Waals surface area contributed by atoms with Crippen LogP contribution in [0.15, 0.2) is 39.9 Å². The summed E-state index contributed by atoms with van der Waals surface area (Å²) in [5.41, 5.74) is 0.591. The molecule has 8 nitrogen and oxygen atoms in total. The Morgan fingerprint density at radius 3 is 2.74 bits per heavy atom. The van der Waals surface area contributed by atoms with E-state index in [0.29, 0.717) is 17.8 Å². The summed E-state index contributed by atoms with van der Waals surface area (Å²) in [6.45, 7) is 1.46. The van der Waals surface area contributed by atoms with Gasteiger partial charge in [0.05, 0.1) is 0 Å². The number of aromatic nitrogens is 3. The summed E-state index contributed by atoms with van der Waals surface area (Å²) in [5.74, 6) is -0.532. The smallest absolute Gasteiger partial charge is 0.266 e. The van der Waals surface area contributed by atoms with E-state index in [1.807, 2.05) is 19.0 Å². The van der Waals surface area contributed by atoms with Gasteiger partial charge in [0.15, 0.2) is 0 Å². The lowest BCUT2D eigenvalue weighted by Crippen LogP contribution is -2.32. The number of hydrogen-bond acceptors (Lipinski definition) is 6. The second-order valence-corrected chi connectivity index (χ2v) is 6.36. The third-order valence-corrected chi connectivity index (χ3v) is 4.04. The predicted molar refractivity (Wildman–Crippen MR) is 97.6 cm³/mol. The van der Waals surface area contributed by atoms with Gasteiger partial charge in [-0.2, -0.15) is 0 Å². The molecule has 0 spiro atoms. The topological polar surface area (TPSA) is 93.3 Å². The first-order chi connectivity index (χ1) is 13.0. The SMILES string of the molecule is CN(C)CCNC(=O)CCn1cnc2onc(-c3ccc(F)cc3)c2c1=O. The molecule has 0 unspecified atom stereocenters. The average Bonchev–Trinajstić information content (AvgIpc) is 3.06. The summed E-state index contributed by atoms with van der Waals surface area (Å²) in [4.78, 5) is 30.7. The maximum absolute atomic E-state index is 13.1. The standard InChI is InChI=1S/C18H20FN5O3/c1-23(2)10-8-20-14(25)7-9-24-11-21-17-15(18(24)26)16(22-27-17)12-3-5-13(19)6-4-12/h3-6,11H,7-10H2,1-2H3,(H,20,25). The first kappa shape index (κ1) is 18.7. The van der Waals surface area contributed by atoms with Gasteiger partial charge in [0.25, 0.3) is 11.3 Å². The van der Waals surface area contributed by atoms with E-state index in [1.165, 1.54) is 35.2 Å². The minimum atomic E-state index is -0.387. The van der Waals surface area contributed by atoms with Gasteiger partial charge in [-0.1, -0.05) is 5.16 Å². The monoisotopic (exact) mass is 373 g/mol. The fourth-order valence-electron chi connectivity index (χ4n) is 2.57. The number of benzene rings is 1. The third-order valence-electron chi connectivity index (χ3n) is 4.04. The van der Waals surface area contributed by atoms with E-state index in [-0.39, 0.29) is 41.3 Å². The Bertz CT molecular complexity index is 994. The van der Waals surface area contributed by atoms with Crippen molar-refractivity contribution in [2.24, 2.45) is 0 Å². The van der Waals surface area contributed by atoms with E-state index < -0.39 is 0 Å². The number of carbonyl (C=O) groups excluding carboxylic acids is 1. The van der Waals surface area contributed by atoms with Crippen LogP contribution in [0, 0.1) is 5.82 Å². The number of hydrogen-bond donors (Lipinski definition) is 1. The first-order valence-corrected chi connectivity index (χ1v) is 8.48. The molecule has 3 rings (SSSR count). The Balaban J connectivity index is 1.78. The van der Waals surface area contributed by atoms with Gasteiger partial charge in [-0.15, -0.1) is 0 Å². The Kier molecular flexibility index (Phi) is 5.60. The maximum Gasteiger partial charge on any atom is 0.266 e. The van der Waals surface area contributed by atoms with Crippen molar-refractivity contribution >= 4 is 17.0 Å². The molecule has 1 amide bonds. The van der Waals surface area contributed by atoms with Crippen LogP contribution in [-0.4, -0.2) is 52.7 Å². The lowest BCUT2D eigenvalue weighted by molar-refractivity contribution is -0.121. The van der Waals surface area contributed by atoms with Crippen LogP contribution in [0.25, 0.3) is 22.4 Å². The molecule has 0 saturated heterocycles. The highest BCUT2D eigenvalue weighted by molar-refractivity contribution is 5.88. The second-order valence-electron chi connectivity index (χ2n) is 6.36. The molecule has 2 aromatic heterocycles. The summed E-state index contributed by atoms with van der Waals surface area (Å²) in [7, 11) is 3.84. The Morgan fingerprint density at radius 2 is 2.04 bits per heavy atom. The second kappa shape index (κ2) is 8.09. The quantitative estimate of drug-likeness (QED) is 0.670. The van der Waals surface area contributed by atoms with Crippen LogP contribution in [0.1, 0.15) is 6.42 Å². The zero-order chi connectivity index (χ0) is 19.4. The van der Waals surface area contributed by atoms with Gasteiger partial charge in [-0.25, -0.2) is 9.37 Å². The molecule has 1 aromatic carbocycles. The Morgan fingerprint density at radius 1 is 1.30 bits per heavy atom. The Hall–Kier alpha value is -3.07. The van der Waals surface area contributed by atoms with Crippen LogP contribution in [0.5, 0.6) is 0 Å². The first-order valence-electron chi connectivity index (χ1n) is 8.48. The highest BCUT2D eigenvalue weighted by Crippen LogP contribution is 2.24. The van der Waals surface area contributed by atoms with E-state index in [0.717, 1.165) is 6.54 Å². The molecule has 0 aliphatic rings. The Labute approximate surface area is 154 Å². The fourth-order valence-corrected chi connectivity index (χ4v) is 2.57. The van der Waals surface area contributed by atoms with Crippen molar-refractivity contribution in [2.45, 2.75) is 13.0 Å². The average molecular weight is 373 g/mol. The van der Waals surface area contributed by atoms with Crippen molar-refractivity contribution in [3.05, 3.63) is 46.8 Å². The van der Waals surface area contributed by atoms with Crippen molar-refractivity contribution in [1.29, 1.82) is 0 Å². The number of carbonyl (C=O) groups is 1. The zero-order valence-corrected chi connectivity index (χ0v) is 15.1. The molecule has 0 saturated carbocycles. The summed E-state index contributed by atoms with van der Waals surface area (Å²) >= 11 is 0. The summed E-state index contributed by atoms with van der Waals surface area (Å²) in [5, 5.41) is 6.89. The molecule has 3 aromatic rings. The lowest BCUT2D eigenvalue weighted by atomic mass is 10.1. The van der Waals surface area contributed by atoms with Gasteiger partial charge >= 0.3 is 0 Å². The van der Waals surface area contributed by atoms with E-state index in [1.54, 1.807) is 0 Å². The van der Waals surface area contributed by atoms with Crippen molar-refractivity contribution in [1.82, 2.24) is 24.9 Å². The number of nitrogens with zero attached hydrogens (tertiary/aromatic N) is 4. The van der Waals surface area contributed by atoms with Gasteiger partial charge in [0.1, 0.15) is 23.2 Å². The molecular weight excluding hydrogens is 353 g/mol. The number of rotatable bonds is 7. The summed E-state index contributed by atoms with van der Waals surface area (Å²) < 4.78 is 19.6. The number of likely N-dealkylation sites (N-methyl/N-ethyl adjacent to an activating group) is 1. The minimum absolute atomic E-state index is 0.103. The molecule has 9 heteroatoms. The molecule has 0 bridgehead atoms. The molecule has 0 fully saturated rings. The molecule has 2 heterocycles. The lowest BCUT2D eigenvalue weighted by Gasteiger charge is -2.10. The maximum atomic E-state index is 13.1. The molecule has 1 N–H and O–H groups in total. The molecule has 27 heavy (non-hydrogen) atoms. The van der Waals surface area contributed by atoms with Crippen molar-refractivity contribution in [3.63, 3.8) is 0 Å². The number of aryl methyl sites for hydroxylation is 1. The van der Waals surface area contributed by atoms with Crippen LogP contribution in [-0.2, 0) is 11.3 Å². The number of fused-ring (bicyclic) bond motifs is 1. The number of amides is 1. The van der Waals surface area contributed by atoms with Gasteiger partial charge in [0, 0.05) is 31.6 Å². The van der Waals surface area contributed by atoms with Gasteiger partial charge in [-0.05, 0) is 38.4 Å². The number of nitrogens with one attached hydrogen (secondary N) is 1. The highest BCUT2D eigenvalue weighted by Gasteiger charge is 2.17.